The van der Waals surface area contributed by atoms with Crippen LogP contribution in [-0.4, -0.2) is 44.7 Å². The van der Waals surface area contributed by atoms with Crippen LogP contribution in [-0.2, 0) is 10.0 Å². The molecule has 1 fully saturated rings. The fourth-order valence-electron chi connectivity index (χ4n) is 2.01. The lowest BCUT2D eigenvalue weighted by molar-refractivity contribution is 0.229. The van der Waals surface area contributed by atoms with Crippen molar-refractivity contribution in [3.63, 3.8) is 0 Å². The van der Waals surface area contributed by atoms with Crippen molar-refractivity contribution in [1.29, 1.82) is 5.26 Å². The van der Waals surface area contributed by atoms with Gasteiger partial charge in [0.25, 0.3) is 0 Å². The van der Waals surface area contributed by atoms with Crippen LogP contribution in [0.25, 0.3) is 0 Å². The molecule has 1 aliphatic rings. The summed E-state index contributed by atoms with van der Waals surface area (Å²) in [4.78, 5) is 2.05. The average Bonchev–Trinajstić information content (AvgIpc) is 2.29. The van der Waals surface area contributed by atoms with Crippen LogP contribution in [0.4, 0.5) is 0 Å². The summed E-state index contributed by atoms with van der Waals surface area (Å²) in [5.41, 5.74) is 0. The van der Waals surface area contributed by atoms with E-state index in [9.17, 15) is 8.42 Å². The fraction of sp³-hybridized carbons (Fsp3) is 0.917. The van der Waals surface area contributed by atoms with Gasteiger partial charge < -0.3 is 0 Å². The molecule has 5 nitrogen and oxygen atoms in total. The molecule has 0 aromatic rings. The molecule has 0 amide bonds. The van der Waals surface area contributed by atoms with Crippen LogP contribution in [0.2, 0.25) is 0 Å². The van der Waals surface area contributed by atoms with Gasteiger partial charge >= 0.3 is 0 Å². The standard InChI is InChI=1S/C12H23N3O2S/c1-11(2)5-10-18(16,17)14-12-3-7-15(8-4-12)9-6-13/h11-12,14H,3-5,7-10H2,1-2H3. The van der Waals surface area contributed by atoms with E-state index in [1.165, 1.54) is 0 Å². The van der Waals surface area contributed by atoms with Crippen molar-refractivity contribution in [2.75, 3.05) is 25.4 Å². The lowest BCUT2D eigenvalue weighted by atomic mass is 10.1. The van der Waals surface area contributed by atoms with Gasteiger partial charge in [-0.15, -0.1) is 0 Å². The molecule has 1 rings (SSSR count). The fourth-order valence-corrected chi connectivity index (χ4v) is 3.66. The molecular formula is C12H23N3O2S. The lowest BCUT2D eigenvalue weighted by Gasteiger charge is -2.30. The molecule has 0 bridgehead atoms. The third-order valence-electron chi connectivity index (χ3n) is 3.19. The number of nitrogens with one attached hydrogen (secondary N) is 1. The van der Waals surface area contributed by atoms with Crippen molar-refractivity contribution in [2.45, 2.75) is 39.2 Å². The van der Waals surface area contributed by atoms with Gasteiger partial charge in [-0.3, -0.25) is 4.90 Å². The van der Waals surface area contributed by atoms with Crippen LogP contribution in [0.15, 0.2) is 0 Å². The highest BCUT2D eigenvalue weighted by Crippen LogP contribution is 2.11. The Kier molecular flexibility index (Phi) is 6.06. The maximum absolute atomic E-state index is 11.8. The minimum Gasteiger partial charge on any atom is -0.290 e. The SMILES string of the molecule is CC(C)CCS(=O)(=O)NC1CCN(CC#N)CC1. The number of nitriles is 1. The number of piperidine rings is 1. The number of rotatable bonds is 6. The number of nitrogens with zero attached hydrogens (tertiary/aromatic N) is 2. The van der Waals surface area contributed by atoms with Gasteiger partial charge in [0.15, 0.2) is 0 Å². The number of hydrogen-bond acceptors (Lipinski definition) is 4. The predicted molar refractivity (Wildman–Crippen MR) is 71.5 cm³/mol. The van der Waals surface area contributed by atoms with Gasteiger partial charge in [-0.2, -0.15) is 5.26 Å². The second-order valence-corrected chi connectivity index (χ2v) is 7.20. The van der Waals surface area contributed by atoms with Gasteiger partial charge in [0, 0.05) is 19.1 Å². The molecule has 6 heteroatoms. The Morgan fingerprint density at radius 3 is 2.50 bits per heavy atom. The highest BCUT2D eigenvalue weighted by atomic mass is 32.2. The minimum absolute atomic E-state index is 0.0390. The molecule has 0 aromatic carbocycles. The van der Waals surface area contributed by atoms with Gasteiger partial charge in [0.05, 0.1) is 18.4 Å². The first-order chi connectivity index (χ1) is 8.43. The molecule has 104 valence electrons. The Morgan fingerprint density at radius 2 is 2.00 bits per heavy atom. The molecule has 0 aromatic heterocycles. The molecule has 1 heterocycles. The quantitative estimate of drug-likeness (QED) is 0.731. The van der Waals surface area contributed by atoms with Gasteiger partial charge in [-0.1, -0.05) is 13.8 Å². The minimum atomic E-state index is -3.14. The predicted octanol–water partition coefficient (Wildman–Crippen LogP) is 0.940. The smallest absolute Gasteiger partial charge is 0.211 e. The molecule has 0 radical (unpaired) electrons. The van der Waals surface area contributed by atoms with E-state index in [1.54, 1.807) is 0 Å². The summed E-state index contributed by atoms with van der Waals surface area (Å²) in [6, 6.07) is 2.16. The number of likely N-dealkylation sites (tertiary alicyclic amines) is 1. The second kappa shape index (κ2) is 7.07. The zero-order valence-corrected chi connectivity index (χ0v) is 12.0. The monoisotopic (exact) mass is 273 g/mol. The normalized spacial score (nSPS) is 19.0. The van der Waals surface area contributed by atoms with Gasteiger partial charge in [-0.05, 0) is 25.2 Å². The van der Waals surface area contributed by atoms with E-state index in [1.807, 2.05) is 13.8 Å². The van der Waals surface area contributed by atoms with Gasteiger partial charge in [-0.25, -0.2) is 13.1 Å². The summed E-state index contributed by atoms with van der Waals surface area (Å²) in [6.45, 7) is 6.08. The maximum Gasteiger partial charge on any atom is 0.211 e. The molecule has 0 atom stereocenters. The lowest BCUT2D eigenvalue weighted by Crippen LogP contribution is -2.45. The zero-order chi connectivity index (χ0) is 13.6. The summed E-state index contributed by atoms with van der Waals surface area (Å²) in [5.74, 6) is 0.613. The van der Waals surface area contributed by atoms with Crippen LogP contribution >= 0.6 is 0 Å². The molecule has 18 heavy (non-hydrogen) atoms. The van der Waals surface area contributed by atoms with Crippen LogP contribution in [0.5, 0.6) is 0 Å². The molecule has 0 saturated carbocycles. The van der Waals surface area contributed by atoms with Crippen molar-refractivity contribution in [2.24, 2.45) is 5.92 Å². The Bertz CT molecular complexity index is 379. The summed E-state index contributed by atoms with van der Waals surface area (Å²) in [6.07, 6.45) is 2.29. The van der Waals surface area contributed by atoms with E-state index in [0.717, 1.165) is 25.9 Å². The first-order valence-corrected chi connectivity index (χ1v) is 8.17. The summed E-state index contributed by atoms with van der Waals surface area (Å²) in [5, 5.41) is 8.59. The summed E-state index contributed by atoms with van der Waals surface area (Å²) in [7, 11) is -3.14. The Hall–Kier alpha value is -0.640. The molecule has 1 aliphatic heterocycles. The first-order valence-electron chi connectivity index (χ1n) is 6.52. The average molecular weight is 273 g/mol. The summed E-state index contributed by atoms with van der Waals surface area (Å²) >= 11 is 0. The third kappa shape index (κ3) is 5.80. The van der Waals surface area contributed by atoms with E-state index < -0.39 is 10.0 Å². The number of hydrogen-bond donors (Lipinski definition) is 1. The molecule has 0 aliphatic carbocycles. The van der Waals surface area contributed by atoms with Crippen molar-refractivity contribution in [3.05, 3.63) is 0 Å². The summed E-state index contributed by atoms with van der Waals surface area (Å²) < 4.78 is 26.4. The molecule has 1 saturated heterocycles. The molecule has 0 unspecified atom stereocenters. The molecular weight excluding hydrogens is 250 g/mol. The van der Waals surface area contributed by atoms with E-state index in [2.05, 4.69) is 15.7 Å². The van der Waals surface area contributed by atoms with Crippen LogP contribution in [0, 0.1) is 17.2 Å². The van der Waals surface area contributed by atoms with Crippen LogP contribution in [0.3, 0.4) is 0 Å². The maximum atomic E-state index is 11.8. The Morgan fingerprint density at radius 1 is 1.39 bits per heavy atom. The van der Waals surface area contributed by atoms with Crippen molar-refractivity contribution < 1.29 is 8.42 Å². The van der Waals surface area contributed by atoms with E-state index in [-0.39, 0.29) is 11.8 Å². The molecule has 1 N–H and O–H groups in total. The zero-order valence-electron chi connectivity index (χ0n) is 11.2. The second-order valence-electron chi connectivity index (χ2n) is 5.33. The highest BCUT2D eigenvalue weighted by Gasteiger charge is 2.23. The van der Waals surface area contributed by atoms with E-state index in [4.69, 9.17) is 5.26 Å². The topological polar surface area (TPSA) is 73.2 Å². The van der Waals surface area contributed by atoms with Crippen molar-refractivity contribution in [1.82, 2.24) is 9.62 Å². The van der Waals surface area contributed by atoms with Crippen LogP contribution < -0.4 is 4.72 Å². The van der Waals surface area contributed by atoms with E-state index >= 15 is 0 Å². The van der Waals surface area contributed by atoms with Crippen LogP contribution in [0.1, 0.15) is 33.1 Å². The Balaban J connectivity index is 2.34. The largest absolute Gasteiger partial charge is 0.290 e. The first kappa shape index (κ1) is 15.4. The highest BCUT2D eigenvalue weighted by molar-refractivity contribution is 7.89. The third-order valence-corrected chi connectivity index (χ3v) is 4.66. The van der Waals surface area contributed by atoms with Crippen molar-refractivity contribution in [3.8, 4) is 6.07 Å². The molecule has 0 spiro atoms. The van der Waals surface area contributed by atoms with E-state index in [0.29, 0.717) is 18.9 Å². The number of sulfonamides is 1. The van der Waals surface area contributed by atoms with Crippen molar-refractivity contribution >= 4 is 10.0 Å². The van der Waals surface area contributed by atoms with Gasteiger partial charge in [0.2, 0.25) is 10.0 Å². The van der Waals surface area contributed by atoms with Gasteiger partial charge in [0.1, 0.15) is 0 Å². The Labute approximate surface area is 110 Å².